The lowest BCUT2D eigenvalue weighted by Gasteiger charge is -2.22. The zero-order valence-electron chi connectivity index (χ0n) is 13.5. The van der Waals surface area contributed by atoms with Crippen LogP contribution in [0.5, 0.6) is 11.5 Å². The van der Waals surface area contributed by atoms with E-state index < -0.39 is 24.4 Å². The second-order valence-electron chi connectivity index (χ2n) is 5.73. The van der Waals surface area contributed by atoms with Gasteiger partial charge in [-0.15, -0.1) is 0 Å². The molecule has 0 aliphatic carbocycles. The third-order valence-electron chi connectivity index (χ3n) is 3.89. The van der Waals surface area contributed by atoms with Crippen LogP contribution in [0, 0.1) is 0 Å². The number of halogens is 4. The fraction of sp³-hybridized carbons (Fsp3) is 0.278. The fourth-order valence-corrected chi connectivity index (χ4v) is 2.86. The molecule has 0 saturated carbocycles. The third-order valence-corrected chi connectivity index (χ3v) is 4.21. The second-order valence-corrected chi connectivity index (χ2v) is 6.14. The van der Waals surface area contributed by atoms with Gasteiger partial charge in [0, 0.05) is 18.6 Å². The van der Waals surface area contributed by atoms with Crippen molar-refractivity contribution >= 4 is 23.2 Å². The molecule has 0 fully saturated rings. The number of fused-ring (bicyclic) bond motifs is 1. The molecule has 0 aromatic heterocycles. The molecule has 138 valence electrons. The van der Waals surface area contributed by atoms with E-state index in [1.165, 1.54) is 36.4 Å². The van der Waals surface area contributed by atoms with E-state index in [1.807, 2.05) is 0 Å². The van der Waals surface area contributed by atoms with Gasteiger partial charge in [0.2, 0.25) is 5.91 Å². The molecule has 26 heavy (non-hydrogen) atoms. The molecule has 0 saturated heterocycles. The van der Waals surface area contributed by atoms with E-state index in [4.69, 9.17) is 21.1 Å². The van der Waals surface area contributed by atoms with E-state index in [-0.39, 0.29) is 16.3 Å². The summed E-state index contributed by atoms with van der Waals surface area (Å²) >= 11 is 6.08. The Balaban J connectivity index is 1.77. The second kappa shape index (κ2) is 7.45. The number of amides is 1. The largest absolute Gasteiger partial charge is 0.486 e. The molecule has 1 aliphatic rings. The Kier molecular flexibility index (Phi) is 5.27. The Hall–Kier alpha value is -2.41. The number of hydrogen-bond acceptors (Lipinski definition) is 3. The van der Waals surface area contributed by atoms with Crippen molar-refractivity contribution in [3.8, 4) is 11.5 Å². The van der Waals surface area contributed by atoms with Crippen molar-refractivity contribution < 1.29 is 27.4 Å². The summed E-state index contributed by atoms with van der Waals surface area (Å²) in [6, 6.07) is 10.2. The lowest BCUT2D eigenvalue weighted by Crippen LogP contribution is -2.26. The Morgan fingerprint density at radius 1 is 1.12 bits per heavy atom. The predicted molar refractivity (Wildman–Crippen MR) is 90.9 cm³/mol. The first kappa shape index (κ1) is 18.4. The molecule has 1 atom stereocenters. The molecule has 3 rings (SSSR count). The summed E-state index contributed by atoms with van der Waals surface area (Å²) < 4.78 is 50.9. The first-order valence-electron chi connectivity index (χ1n) is 7.85. The third kappa shape index (κ3) is 4.22. The Morgan fingerprint density at radius 3 is 2.35 bits per heavy atom. The maximum atomic E-state index is 13.4. The maximum absolute atomic E-state index is 13.4. The highest BCUT2D eigenvalue weighted by atomic mass is 35.5. The lowest BCUT2D eigenvalue weighted by molar-refractivity contribution is -0.155. The van der Waals surface area contributed by atoms with Crippen LogP contribution in [0.1, 0.15) is 17.9 Å². The van der Waals surface area contributed by atoms with Gasteiger partial charge in [-0.2, -0.15) is 13.2 Å². The number of hydrogen-bond donors (Lipinski definition) is 1. The van der Waals surface area contributed by atoms with Crippen molar-refractivity contribution in [1.29, 1.82) is 0 Å². The summed E-state index contributed by atoms with van der Waals surface area (Å²) in [5, 5.41) is 2.58. The molecule has 2 aromatic carbocycles. The molecule has 0 bridgehead atoms. The van der Waals surface area contributed by atoms with Crippen LogP contribution >= 0.6 is 11.6 Å². The summed E-state index contributed by atoms with van der Waals surface area (Å²) in [6.07, 6.45) is -5.30. The number of carbonyl (C=O) groups is 1. The number of benzene rings is 2. The molecular formula is C18H15ClF3NO3. The van der Waals surface area contributed by atoms with Crippen LogP contribution in [0.15, 0.2) is 42.5 Å². The monoisotopic (exact) mass is 385 g/mol. The van der Waals surface area contributed by atoms with Crippen molar-refractivity contribution in [2.24, 2.45) is 0 Å². The minimum Gasteiger partial charge on any atom is -0.486 e. The van der Waals surface area contributed by atoms with E-state index in [1.54, 1.807) is 6.07 Å². The van der Waals surface area contributed by atoms with Gasteiger partial charge in [-0.25, -0.2) is 0 Å². The van der Waals surface area contributed by atoms with Gasteiger partial charge in [0.1, 0.15) is 13.2 Å². The minimum atomic E-state index is -4.55. The summed E-state index contributed by atoms with van der Waals surface area (Å²) in [4.78, 5) is 12.2. The zero-order chi connectivity index (χ0) is 18.7. The first-order chi connectivity index (χ1) is 12.3. The van der Waals surface area contributed by atoms with Gasteiger partial charge in [0.05, 0.1) is 16.6 Å². The molecular weight excluding hydrogens is 371 g/mol. The predicted octanol–water partition coefficient (Wildman–Crippen LogP) is 4.79. The standard InChI is InChI=1S/C18H15ClF3NO3/c19-13-9-15-16(26-7-6-25-15)10-14(13)23-17(24)8-12(18(20,21)22)11-4-2-1-3-5-11/h1-5,9-10,12H,6-8H2,(H,23,24). The average molecular weight is 386 g/mol. The number of carbonyl (C=O) groups excluding carboxylic acids is 1. The van der Waals surface area contributed by atoms with E-state index in [0.717, 1.165) is 0 Å². The molecule has 1 heterocycles. The molecule has 2 aromatic rings. The Morgan fingerprint density at radius 2 is 1.73 bits per heavy atom. The number of anilines is 1. The lowest BCUT2D eigenvalue weighted by atomic mass is 9.94. The van der Waals surface area contributed by atoms with Crippen LogP contribution in [-0.2, 0) is 4.79 Å². The van der Waals surface area contributed by atoms with Crippen molar-refractivity contribution in [1.82, 2.24) is 0 Å². The molecule has 4 nitrogen and oxygen atoms in total. The Bertz CT molecular complexity index is 796. The van der Waals surface area contributed by atoms with Gasteiger partial charge >= 0.3 is 6.18 Å². The molecule has 1 amide bonds. The van der Waals surface area contributed by atoms with Crippen LogP contribution in [0.3, 0.4) is 0 Å². The summed E-state index contributed by atoms with van der Waals surface area (Å²) in [5.41, 5.74) is 0.207. The minimum absolute atomic E-state index is 0.0309. The van der Waals surface area contributed by atoms with E-state index in [9.17, 15) is 18.0 Å². The van der Waals surface area contributed by atoms with Gasteiger partial charge in [0.25, 0.3) is 0 Å². The number of nitrogens with one attached hydrogen (secondary N) is 1. The number of rotatable bonds is 4. The van der Waals surface area contributed by atoms with Crippen molar-refractivity contribution in [2.75, 3.05) is 18.5 Å². The van der Waals surface area contributed by atoms with Crippen LogP contribution in [0.2, 0.25) is 5.02 Å². The van der Waals surface area contributed by atoms with E-state index in [0.29, 0.717) is 24.7 Å². The van der Waals surface area contributed by atoms with Crippen molar-refractivity contribution in [3.63, 3.8) is 0 Å². The summed E-state index contributed by atoms with van der Waals surface area (Å²) in [7, 11) is 0. The van der Waals surface area contributed by atoms with Gasteiger partial charge in [-0.05, 0) is 5.56 Å². The fourth-order valence-electron chi connectivity index (χ4n) is 2.65. The molecule has 1 N–H and O–H groups in total. The smallest absolute Gasteiger partial charge is 0.396 e. The summed E-state index contributed by atoms with van der Waals surface area (Å²) in [6.45, 7) is 0.714. The van der Waals surface area contributed by atoms with Crippen LogP contribution < -0.4 is 14.8 Å². The van der Waals surface area contributed by atoms with Crippen LogP contribution in [0.4, 0.5) is 18.9 Å². The van der Waals surface area contributed by atoms with Gasteiger partial charge in [-0.3, -0.25) is 4.79 Å². The van der Waals surface area contributed by atoms with E-state index in [2.05, 4.69) is 5.32 Å². The maximum Gasteiger partial charge on any atom is 0.396 e. The summed E-state index contributed by atoms with van der Waals surface area (Å²) in [5.74, 6) is -1.89. The SMILES string of the molecule is O=C(CC(c1ccccc1)C(F)(F)F)Nc1cc2c(cc1Cl)OCCO2. The van der Waals surface area contributed by atoms with Gasteiger partial charge in [0.15, 0.2) is 11.5 Å². The number of ether oxygens (including phenoxy) is 2. The molecule has 8 heteroatoms. The quantitative estimate of drug-likeness (QED) is 0.823. The highest BCUT2D eigenvalue weighted by molar-refractivity contribution is 6.34. The van der Waals surface area contributed by atoms with Crippen molar-refractivity contribution in [2.45, 2.75) is 18.5 Å². The Labute approximate surface area is 152 Å². The van der Waals surface area contributed by atoms with E-state index >= 15 is 0 Å². The molecule has 0 radical (unpaired) electrons. The van der Waals surface area contributed by atoms with Gasteiger partial charge in [-0.1, -0.05) is 41.9 Å². The normalized spacial score (nSPS) is 14.6. The van der Waals surface area contributed by atoms with Crippen molar-refractivity contribution in [3.05, 3.63) is 53.1 Å². The molecule has 0 spiro atoms. The first-order valence-corrected chi connectivity index (χ1v) is 8.23. The highest BCUT2D eigenvalue weighted by Gasteiger charge is 2.41. The van der Waals surface area contributed by atoms with Crippen LogP contribution in [-0.4, -0.2) is 25.3 Å². The van der Waals surface area contributed by atoms with Gasteiger partial charge < -0.3 is 14.8 Å². The molecule has 1 unspecified atom stereocenters. The topological polar surface area (TPSA) is 47.6 Å². The molecule has 1 aliphatic heterocycles. The number of alkyl halides is 3. The van der Waals surface area contributed by atoms with Crippen LogP contribution in [0.25, 0.3) is 0 Å². The zero-order valence-corrected chi connectivity index (χ0v) is 14.2. The average Bonchev–Trinajstić information content (AvgIpc) is 2.60. The highest BCUT2D eigenvalue weighted by Crippen LogP contribution is 2.40.